The molecule has 0 saturated carbocycles. The Morgan fingerprint density at radius 1 is 0.857 bits per heavy atom. The van der Waals surface area contributed by atoms with Gasteiger partial charge in [-0.3, -0.25) is 30.1 Å². The van der Waals surface area contributed by atoms with Crippen LogP contribution in [0.15, 0.2) is 90.0 Å². The fraction of sp³-hybridized carbons (Fsp3) is 0.0800. The molecule has 35 heavy (non-hydrogen) atoms. The van der Waals surface area contributed by atoms with Crippen molar-refractivity contribution in [3.05, 3.63) is 96.2 Å². The number of pyridine rings is 1. The summed E-state index contributed by atoms with van der Waals surface area (Å²) >= 11 is 0. The lowest BCUT2D eigenvalue weighted by molar-refractivity contribution is 0.0847. The van der Waals surface area contributed by atoms with E-state index >= 15 is 0 Å². The van der Waals surface area contributed by atoms with E-state index in [9.17, 15) is 18.0 Å². The highest BCUT2D eigenvalue weighted by Crippen LogP contribution is 2.20. The monoisotopic (exact) mass is 490 g/mol. The molecule has 2 amide bonds. The normalized spacial score (nSPS) is 11.0. The number of hydrazine groups is 1. The third-order valence-corrected chi connectivity index (χ3v) is 6.41. The topological polar surface area (TPSA) is 126 Å². The van der Waals surface area contributed by atoms with Gasteiger partial charge in [-0.25, -0.2) is 8.42 Å². The molecule has 0 saturated heterocycles. The van der Waals surface area contributed by atoms with Gasteiger partial charge in [0.1, 0.15) is 5.75 Å². The molecule has 0 aliphatic heterocycles. The minimum absolute atomic E-state index is 0.0772. The van der Waals surface area contributed by atoms with Crippen molar-refractivity contribution in [3.8, 4) is 5.75 Å². The van der Waals surface area contributed by atoms with Crippen molar-refractivity contribution in [3.63, 3.8) is 0 Å². The van der Waals surface area contributed by atoms with Crippen LogP contribution in [0.2, 0.25) is 0 Å². The van der Waals surface area contributed by atoms with E-state index in [4.69, 9.17) is 4.74 Å². The second-order valence-electron chi connectivity index (χ2n) is 7.38. The number of para-hydroxylation sites is 1. The zero-order valence-corrected chi connectivity index (χ0v) is 19.5. The van der Waals surface area contributed by atoms with Crippen molar-refractivity contribution < 1.29 is 22.7 Å². The molecule has 1 aromatic heterocycles. The van der Waals surface area contributed by atoms with Crippen LogP contribution >= 0.6 is 0 Å². The Morgan fingerprint density at radius 2 is 1.54 bits per heavy atom. The average molecular weight is 491 g/mol. The van der Waals surface area contributed by atoms with E-state index in [1.54, 1.807) is 36.5 Å². The minimum Gasteiger partial charge on any atom is -0.494 e. The lowest BCUT2D eigenvalue weighted by atomic mass is 10.1. The molecule has 1 heterocycles. The number of carbonyl (C=O) groups excluding carboxylic acids is 2. The van der Waals surface area contributed by atoms with Gasteiger partial charge in [-0.2, -0.15) is 0 Å². The maximum absolute atomic E-state index is 12.6. The van der Waals surface area contributed by atoms with Crippen LogP contribution in [0.1, 0.15) is 27.6 Å². The number of hydrogen-bond acceptors (Lipinski definition) is 6. The van der Waals surface area contributed by atoms with Gasteiger partial charge in [0.15, 0.2) is 0 Å². The number of anilines is 1. The Bertz CT molecular complexity index is 1470. The second-order valence-corrected chi connectivity index (χ2v) is 9.06. The summed E-state index contributed by atoms with van der Waals surface area (Å²) in [5, 5.41) is 0.801. The van der Waals surface area contributed by atoms with Crippen molar-refractivity contribution in [1.82, 2.24) is 15.8 Å². The predicted octanol–water partition coefficient (Wildman–Crippen LogP) is 3.51. The molecule has 0 unspecified atom stereocenters. The molecule has 9 nitrogen and oxygen atoms in total. The molecule has 3 aromatic carbocycles. The summed E-state index contributed by atoms with van der Waals surface area (Å²) in [5.74, 6) is -0.500. The van der Waals surface area contributed by atoms with E-state index in [1.807, 2.05) is 19.1 Å². The van der Waals surface area contributed by atoms with Crippen LogP contribution in [-0.2, 0) is 10.0 Å². The van der Waals surface area contributed by atoms with Gasteiger partial charge in [0, 0.05) is 22.8 Å². The highest BCUT2D eigenvalue weighted by molar-refractivity contribution is 7.92. The van der Waals surface area contributed by atoms with Gasteiger partial charge in [-0.05, 0) is 67.6 Å². The van der Waals surface area contributed by atoms with Gasteiger partial charge in [-0.1, -0.05) is 18.2 Å². The molecule has 178 valence electrons. The highest BCUT2D eigenvalue weighted by Gasteiger charge is 2.16. The van der Waals surface area contributed by atoms with Crippen molar-refractivity contribution in [1.29, 1.82) is 0 Å². The van der Waals surface area contributed by atoms with Crippen LogP contribution in [-0.4, -0.2) is 31.8 Å². The van der Waals surface area contributed by atoms with Crippen LogP contribution in [0.25, 0.3) is 10.9 Å². The molecule has 0 bridgehead atoms. The number of benzene rings is 3. The summed E-state index contributed by atoms with van der Waals surface area (Å²) in [5.41, 5.74) is 6.08. The van der Waals surface area contributed by atoms with Crippen molar-refractivity contribution in [2.24, 2.45) is 0 Å². The average Bonchev–Trinajstić information content (AvgIpc) is 2.87. The zero-order chi connectivity index (χ0) is 24.8. The maximum Gasteiger partial charge on any atom is 0.271 e. The van der Waals surface area contributed by atoms with E-state index in [-0.39, 0.29) is 16.1 Å². The summed E-state index contributed by atoms with van der Waals surface area (Å²) < 4.78 is 33.0. The summed E-state index contributed by atoms with van der Waals surface area (Å²) in [6.45, 7) is 2.32. The van der Waals surface area contributed by atoms with Gasteiger partial charge in [0.25, 0.3) is 21.8 Å². The zero-order valence-electron chi connectivity index (χ0n) is 18.7. The van der Waals surface area contributed by atoms with Crippen LogP contribution in [0.4, 0.5) is 5.69 Å². The third-order valence-electron chi connectivity index (χ3n) is 5.01. The number of carbonyl (C=O) groups is 2. The Morgan fingerprint density at radius 3 is 2.26 bits per heavy atom. The first kappa shape index (κ1) is 23.7. The molecule has 0 radical (unpaired) electrons. The summed E-state index contributed by atoms with van der Waals surface area (Å²) in [6, 6.07) is 20.6. The Kier molecular flexibility index (Phi) is 6.93. The molecule has 0 spiro atoms. The number of nitrogens with zero attached hydrogens (tertiary/aromatic N) is 1. The molecule has 0 fully saturated rings. The molecule has 0 atom stereocenters. The number of fused-ring (bicyclic) bond motifs is 1. The molecule has 4 aromatic rings. The highest BCUT2D eigenvalue weighted by atomic mass is 32.2. The van der Waals surface area contributed by atoms with E-state index in [0.717, 1.165) is 5.39 Å². The summed E-state index contributed by atoms with van der Waals surface area (Å²) in [4.78, 5) is 29.3. The van der Waals surface area contributed by atoms with E-state index in [1.165, 1.54) is 36.4 Å². The number of nitrogens with one attached hydrogen (secondary N) is 3. The SMILES string of the molecule is CCOc1ccc(S(=O)(=O)Nc2ccc(C(=O)NNC(=O)c3cccc4cccnc34)cc2)cc1. The standard InChI is InChI=1S/C25H22N4O5S/c1-2-34-20-12-14-21(15-13-20)35(32,33)29-19-10-8-18(9-11-19)24(30)27-28-25(31)22-7-3-5-17-6-4-16-26-23(17)22/h3-16,29H,2H2,1H3,(H,27,30)(H,28,31). The van der Waals surface area contributed by atoms with Gasteiger partial charge in [-0.15, -0.1) is 0 Å². The van der Waals surface area contributed by atoms with Crippen molar-refractivity contribution in [2.45, 2.75) is 11.8 Å². The lowest BCUT2D eigenvalue weighted by Gasteiger charge is -2.11. The fourth-order valence-corrected chi connectivity index (χ4v) is 4.38. The number of hydrogen-bond donors (Lipinski definition) is 3. The first-order valence-corrected chi connectivity index (χ1v) is 12.2. The number of amides is 2. The minimum atomic E-state index is -3.82. The largest absolute Gasteiger partial charge is 0.494 e. The third kappa shape index (κ3) is 5.56. The smallest absolute Gasteiger partial charge is 0.271 e. The first-order chi connectivity index (χ1) is 16.9. The van der Waals surface area contributed by atoms with Crippen LogP contribution in [0, 0.1) is 0 Å². The van der Waals surface area contributed by atoms with E-state index in [0.29, 0.717) is 23.4 Å². The van der Waals surface area contributed by atoms with E-state index < -0.39 is 21.8 Å². The number of rotatable bonds is 7. The quantitative estimate of drug-likeness (QED) is 0.340. The predicted molar refractivity (Wildman–Crippen MR) is 132 cm³/mol. The summed E-state index contributed by atoms with van der Waals surface area (Å²) in [7, 11) is -3.82. The molecule has 3 N–H and O–H groups in total. The molecular weight excluding hydrogens is 468 g/mol. The maximum atomic E-state index is 12.6. The van der Waals surface area contributed by atoms with Crippen LogP contribution in [0.5, 0.6) is 5.75 Å². The second kappa shape index (κ2) is 10.2. The number of sulfonamides is 1. The molecule has 4 rings (SSSR count). The Hall–Kier alpha value is -4.44. The fourth-order valence-electron chi connectivity index (χ4n) is 3.33. The van der Waals surface area contributed by atoms with Crippen LogP contribution in [0.3, 0.4) is 0 Å². The Labute approximate surface area is 202 Å². The molecular formula is C25H22N4O5S. The lowest BCUT2D eigenvalue weighted by Crippen LogP contribution is -2.41. The number of ether oxygens (including phenoxy) is 1. The molecule has 0 aliphatic carbocycles. The van der Waals surface area contributed by atoms with Gasteiger partial charge in [0.05, 0.1) is 22.6 Å². The van der Waals surface area contributed by atoms with Crippen molar-refractivity contribution in [2.75, 3.05) is 11.3 Å². The molecule has 0 aliphatic rings. The van der Waals surface area contributed by atoms with E-state index in [2.05, 4.69) is 20.6 Å². The van der Waals surface area contributed by atoms with Gasteiger partial charge in [0.2, 0.25) is 0 Å². The Balaban J connectivity index is 1.38. The van der Waals surface area contributed by atoms with Crippen molar-refractivity contribution >= 4 is 38.4 Å². The summed E-state index contributed by atoms with van der Waals surface area (Å²) in [6.07, 6.45) is 1.59. The van der Waals surface area contributed by atoms with Gasteiger partial charge >= 0.3 is 0 Å². The number of aromatic nitrogens is 1. The van der Waals surface area contributed by atoms with Gasteiger partial charge < -0.3 is 4.74 Å². The first-order valence-electron chi connectivity index (χ1n) is 10.7. The van der Waals surface area contributed by atoms with Crippen LogP contribution < -0.4 is 20.3 Å². The molecule has 10 heteroatoms.